The van der Waals surface area contributed by atoms with Gasteiger partial charge in [0.1, 0.15) is 51.3 Å². The molecule has 0 N–H and O–H groups in total. The van der Waals surface area contributed by atoms with Gasteiger partial charge in [0.15, 0.2) is 19.7 Å². The van der Waals surface area contributed by atoms with E-state index in [0.29, 0.717) is 0 Å². The average molecular weight is 793 g/mol. The lowest BCUT2D eigenvalue weighted by molar-refractivity contribution is -0.734. The molecule has 0 spiro atoms. The highest BCUT2D eigenvalue weighted by atomic mass is 31.2. The fraction of sp³-hybridized carbons (Fsp3) is 0.185. The van der Waals surface area contributed by atoms with Crippen molar-refractivity contribution in [2.75, 3.05) is 0 Å². The molecule has 0 atom stereocenters. The van der Waals surface area contributed by atoms with E-state index in [1.807, 2.05) is 0 Å². The van der Waals surface area contributed by atoms with Crippen LogP contribution in [0.25, 0.3) is 11.0 Å². The summed E-state index contributed by atoms with van der Waals surface area (Å²) in [5, 5.41) is 8.17. The normalized spacial score (nSPS) is 18.1. The first-order chi connectivity index (χ1) is 28.4. The van der Waals surface area contributed by atoms with Crippen molar-refractivity contribution in [2.45, 2.75) is 56.9 Å². The topological polar surface area (TPSA) is 7.76 Å². The molecule has 2 nitrogen and oxygen atoms in total. The number of aromatic nitrogens is 2. The second kappa shape index (κ2) is 15.5. The Balaban J connectivity index is 1.47. The molecule has 6 aromatic carbocycles. The van der Waals surface area contributed by atoms with E-state index in [-0.39, 0.29) is 10.4 Å². The molecule has 9 rings (SSSR count). The largest absolute Gasteiger partial charge is 0.288 e. The highest BCUT2D eigenvalue weighted by molar-refractivity contribution is 7.98. The molecular formula is C54H54N2P2+4. The molecule has 1 saturated carbocycles. The monoisotopic (exact) mass is 792 g/mol. The number of hydrogen-bond acceptors (Lipinski definition) is 0. The molecule has 1 aliphatic rings. The Morgan fingerprint density at radius 1 is 0.414 bits per heavy atom. The molecule has 58 heavy (non-hydrogen) atoms. The molecule has 2 aromatic heterocycles. The van der Waals surface area contributed by atoms with Crippen molar-refractivity contribution in [1.29, 1.82) is 0 Å². The van der Waals surface area contributed by atoms with Gasteiger partial charge in [-0.3, -0.25) is 0 Å². The van der Waals surface area contributed by atoms with Gasteiger partial charge in [0.2, 0.25) is 0 Å². The molecule has 0 radical (unpaired) electrons. The van der Waals surface area contributed by atoms with Crippen LogP contribution in [0, 0.1) is 0 Å². The van der Waals surface area contributed by atoms with Crippen LogP contribution in [0.1, 0.15) is 44.7 Å². The van der Waals surface area contributed by atoms with E-state index >= 15 is 0 Å². The number of benzene rings is 6. The zero-order chi connectivity index (χ0) is 39.8. The number of aryl methyl sites for hydroxylation is 3. The van der Waals surface area contributed by atoms with Gasteiger partial charge in [0.05, 0.1) is 12.8 Å². The van der Waals surface area contributed by atoms with E-state index in [4.69, 9.17) is 0 Å². The average Bonchev–Trinajstić information content (AvgIpc) is 3.28. The smallest absolute Gasteiger partial charge is 0.196 e. The van der Waals surface area contributed by atoms with Crippen LogP contribution in [0.5, 0.6) is 0 Å². The van der Waals surface area contributed by atoms with Crippen LogP contribution in [0.4, 0.5) is 0 Å². The lowest BCUT2D eigenvalue weighted by Gasteiger charge is -2.56. The first-order valence-corrected chi connectivity index (χ1v) is 24.5. The van der Waals surface area contributed by atoms with Crippen molar-refractivity contribution in [3.8, 4) is 0 Å². The van der Waals surface area contributed by atoms with Gasteiger partial charge in [0.25, 0.3) is 16.3 Å². The van der Waals surface area contributed by atoms with Crippen LogP contribution in [-0.4, -0.2) is 5.16 Å². The summed E-state index contributed by atoms with van der Waals surface area (Å²) in [5.41, 5.74) is 5.52. The van der Waals surface area contributed by atoms with Crippen molar-refractivity contribution in [3.63, 3.8) is 0 Å². The molecule has 0 amide bonds. The maximum atomic E-state index is 2.85. The molecule has 1 aliphatic carbocycles. The van der Waals surface area contributed by atoms with Crippen molar-refractivity contribution in [1.82, 2.24) is 0 Å². The molecule has 4 heteroatoms. The lowest BCUT2D eigenvalue weighted by Crippen LogP contribution is -2.75. The van der Waals surface area contributed by atoms with E-state index in [0.717, 1.165) is 25.7 Å². The minimum atomic E-state index is -2.54. The first-order valence-electron chi connectivity index (χ1n) is 20.9. The van der Waals surface area contributed by atoms with Crippen LogP contribution in [-0.2, 0) is 25.2 Å². The van der Waals surface area contributed by atoms with Crippen molar-refractivity contribution < 1.29 is 9.13 Å². The number of rotatable bonds is 11. The van der Waals surface area contributed by atoms with Gasteiger partial charge in [0, 0.05) is 23.3 Å². The predicted molar refractivity (Wildman–Crippen MR) is 250 cm³/mol. The van der Waals surface area contributed by atoms with Gasteiger partial charge in [-0.1, -0.05) is 123 Å². The minimum Gasteiger partial charge on any atom is -0.196 e. The summed E-state index contributed by atoms with van der Waals surface area (Å²) < 4.78 is 5.23. The summed E-state index contributed by atoms with van der Waals surface area (Å²) in [4.78, 5) is 0. The Morgan fingerprint density at radius 2 is 0.724 bits per heavy atom. The zero-order valence-corrected chi connectivity index (χ0v) is 36.0. The number of pyridine rings is 2. The van der Waals surface area contributed by atoms with E-state index in [1.165, 1.54) is 54.0 Å². The molecular weight excluding hydrogens is 739 g/mol. The summed E-state index contributed by atoms with van der Waals surface area (Å²) in [5.74, 6) is 0. The molecule has 2 heterocycles. The molecule has 0 unspecified atom stereocenters. The third-order valence-electron chi connectivity index (χ3n) is 13.2. The van der Waals surface area contributed by atoms with Gasteiger partial charge in [-0.05, 0) is 92.6 Å². The summed E-state index contributed by atoms with van der Waals surface area (Å²) in [6.07, 6.45) is 8.71. The second-order valence-corrected chi connectivity index (χ2v) is 23.9. The third-order valence-corrected chi connectivity index (χ3v) is 23.3. The van der Waals surface area contributed by atoms with Gasteiger partial charge in [-0.2, -0.15) is 9.13 Å². The van der Waals surface area contributed by atoms with Crippen molar-refractivity contribution in [3.05, 3.63) is 218 Å². The van der Waals surface area contributed by atoms with E-state index < -0.39 is 14.5 Å². The zero-order valence-electron chi connectivity index (χ0n) is 34.2. The molecule has 8 aromatic rings. The highest BCUT2D eigenvalue weighted by Crippen LogP contribution is 2.83. The van der Waals surface area contributed by atoms with Gasteiger partial charge in [-0.15, -0.1) is 0 Å². The number of nitrogens with zero attached hydrogens (tertiary/aromatic N) is 2. The summed E-state index contributed by atoms with van der Waals surface area (Å²) in [6.45, 7) is 7.30. The molecule has 0 aliphatic heterocycles. The quantitative estimate of drug-likeness (QED) is 0.0912. The van der Waals surface area contributed by atoms with Crippen molar-refractivity contribution >= 4 is 57.4 Å². The minimum absolute atomic E-state index is 0.118. The standard InChI is InChI=1S/C54H54N2P2/c1-5-43-38-40-56(52-44(6-2)37-39-55(4)51(43)52)54(58(48-31-19-10-20-32-48,49-33-21-11-22-34-49)50-35-23-12-24-36-50)41-53(3,42-54)57(45-25-13-7-14-26-45,46-27-15-8-16-28-46)47-29-17-9-18-30-47/h7-40H,5-6,41-42H2,1-4H3/q+4. The van der Waals surface area contributed by atoms with Crippen LogP contribution >= 0.6 is 14.5 Å². The summed E-state index contributed by atoms with van der Waals surface area (Å²) >= 11 is 0. The Labute approximate surface area is 346 Å². The van der Waals surface area contributed by atoms with Crippen LogP contribution in [0.15, 0.2) is 207 Å². The Bertz CT molecular complexity index is 2450. The van der Waals surface area contributed by atoms with E-state index in [2.05, 4.69) is 243 Å². The Hall–Kier alpha value is -5.26. The Kier molecular flexibility index (Phi) is 10.2. The maximum absolute atomic E-state index is 2.85. The summed E-state index contributed by atoms with van der Waals surface area (Å²) in [6, 6.07) is 74.5. The molecule has 286 valence electrons. The van der Waals surface area contributed by atoms with E-state index in [1.54, 1.807) is 0 Å². The SMILES string of the molecule is CCc1cc[n+](C2([P+](c3ccccc3)(c3ccccc3)c3ccccc3)CC(C)([P+](c3ccccc3)(c3ccccc3)c3ccccc3)C2)c2c(CC)cc[n+](C)c12. The third kappa shape index (κ3) is 5.67. The summed E-state index contributed by atoms with van der Waals surface area (Å²) in [7, 11) is -2.61. The maximum Gasteiger partial charge on any atom is 0.288 e. The lowest BCUT2D eigenvalue weighted by atomic mass is 9.78. The van der Waals surface area contributed by atoms with Gasteiger partial charge < -0.3 is 0 Å². The Morgan fingerprint density at radius 3 is 1.07 bits per heavy atom. The van der Waals surface area contributed by atoms with E-state index in [9.17, 15) is 0 Å². The van der Waals surface area contributed by atoms with Crippen LogP contribution < -0.4 is 41.0 Å². The number of fused-ring (bicyclic) bond motifs is 1. The fourth-order valence-corrected chi connectivity index (χ4v) is 22.7. The van der Waals surface area contributed by atoms with Crippen LogP contribution in [0.3, 0.4) is 0 Å². The van der Waals surface area contributed by atoms with Crippen LogP contribution in [0.2, 0.25) is 0 Å². The van der Waals surface area contributed by atoms with Crippen molar-refractivity contribution in [2.24, 2.45) is 7.05 Å². The number of hydrogen-bond donors (Lipinski definition) is 0. The molecule has 0 saturated heterocycles. The molecule has 0 bridgehead atoms. The van der Waals surface area contributed by atoms with Gasteiger partial charge in [-0.25, -0.2) is 0 Å². The predicted octanol–water partition coefficient (Wildman–Crippen LogP) is 9.27. The molecule has 1 fully saturated rings. The van der Waals surface area contributed by atoms with Gasteiger partial charge >= 0.3 is 0 Å². The second-order valence-electron chi connectivity index (χ2n) is 16.3. The first kappa shape index (κ1) is 38.3. The highest BCUT2D eigenvalue weighted by Gasteiger charge is 2.84. The fourth-order valence-electron chi connectivity index (χ4n) is 11.0.